The molecule has 0 fully saturated rings. The highest BCUT2D eigenvalue weighted by Crippen LogP contribution is 2.34. The highest BCUT2D eigenvalue weighted by Gasteiger charge is 2.29. The molecule has 86 valence electrons. The second-order valence-electron chi connectivity index (χ2n) is 3.62. The van der Waals surface area contributed by atoms with Crippen LogP contribution in [0.15, 0.2) is 0 Å². The van der Waals surface area contributed by atoms with Crippen LogP contribution in [-0.2, 0) is 12.3 Å². The molecule has 0 aromatic carbocycles. The van der Waals surface area contributed by atoms with Gasteiger partial charge in [0.05, 0.1) is 15.6 Å². The third-order valence-electron chi connectivity index (χ3n) is 2.06. The highest BCUT2D eigenvalue weighted by molar-refractivity contribution is 7.11. The summed E-state index contributed by atoms with van der Waals surface area (Å²) in [5.74, 6) is -2.76. The van der Waals surface area contributed by atoms with Gasteiger partial charge >= 0.3 is 0 Å². The van der Waals surface area contributed by atoms with Crippen molar-refractivity contribution in [3.05, 3.63) is 15.6 Å². The van der Waals surface area contributed by atoms with Crippen molar-refractivity contribution in [2.24, 2.45) is 0 Å². The lowest BCUT2D eigenvalue weighted by molar-refractivity contribution is 0.0206. The van der Waals surface area contributed by atoms with Gasteiger partial charge in [-0.15, -0.1) is 11.3 Å². The van der Waals surface area contributed by atoms with E-state index in [2.05, 4.69) is 10.3 Å². The summed E-state index contributed by atoms with van der Waals surface area (Å²) in [5, 5.41) is 3.82. The number of aryl methyl sites for hydroxylation is 2. The minimum absolute atomic E-state index is 0.0990. The van der Waals surface area contributed by atoms with Gasteiger partial charge in [0.2, 0.25) is 0 Å². The lowest BCUT2D eigenvalue weighted by Crippen LogP contribution is -2.08. The molecular formula is C10H16F2N2S. The molecule has 0 spiro atoms. The molecule has 5 heteroatoms. The molecule has 0 bridgehead atoms. The van der Waals surface area contributed by atoms with E-state index in [0.29, 0.717) is 5.69 Å². The second-order valence-corrected chi connectivity index (χ2v) is 4.70. The smallest absolute Gasteiger partial charge is 0.281 e. The number of rotatable bonds is 5. The van der Waals surface area contributed by atoms with Crippen LogP contribution in [0.5, 0.6) is 0 Å². The van der Waals surface area contributed by atoms with E-state index in [1.807, 2.05) is 7.05 Å². The molecule has 1 aromatic heterocycles. The molecule has 1 rings (SSSR count). The van der Waals surface area contributed by atoms with Gasteiger partial charge in [0, 0.05) is 13.3 Å². The summed E-state index contributed by atoms with van der Waals surface area (Å²) >= 11 is 1.13. The first-order valence-corrected chi connectivity index (χ1v) is 5.76. The molecule has 0 aliphatic carbocycles. The number of hydrogen-bond donors (Lipinski definition) is 1. The predicted octanol–water partition coefficient (Wildman–Crippen LogP) is 2.72. The Balaban J connectivity index is 2.69. The van der Waals surface area contributed by atoms with E-state index in [9.17, 15) is 8.78 Å². The molecule has 0 aliphatic rings. The molecule has 2 nitrogen and oxygen atoms in total. The van der Waals surface area contributed by atoms with Crippen molar-refractivity contribution in [1.29, 1.82) is 0 Å². The maximum atomic E-state index is 13.1. The molecule has 0 amide bonds. The zero-order valence-corrected chi connectivity index (χ0v) is 10.0. The molecule has 1 aromatic rings. The summed E-state index contributed by atoms with van der Waals surface area (Å²) in [5.41, 5.74) is 0.465. The van der Waals surface area contributed by atoms with E-state index in [1.54, 1.807) is 6.92 Å². The molecule has 0 radical (unpaired) electrons. The van der Waals surface area contributed by atoms with Crippen molar-refractivity contribution in [3.63, 3.8) is 0 Å². The Hall–Kier alpha value is -0.550. The van der Waals surface area contributed by atoms with E-state index >= 15 is 0 Å². The first kappa shape index (κ1) is 12.5. The van der Waals surface area contributed by atoms with Gasteiger partial charge in [-0.3, -0.25) is 0 Å². The van der Waals surface area contributed by atoms with Gasteiger partial charge in [0.25, 0.3) is 5.92 Å². The Morgan fingerprint density at radius 1 is 1.47 bits per heavy atom. The van der Waals surface area contributed by atoms with Crippen LogP contribution in [0.1, 0.15) is 28.9 Å². The fourth-order valence-corrected chi connectivity index (χ4v) is 2.42. The van der Waals surface area contributed by atoms with E-state index in [1.165, 1.54) is 0 Å². The number of hydrogen-bond acceptors (Lipinski definition) is 3. The summed E-state index contributed by atoms with van der Waals surface area (Å²) in [6.45, 7) is 3.45. The van der Waals surface area contributed by atoms with Crippen LogP contribution in [0, 0.1) is 6.92 Å². The van der Waals surface area contributed by atoms with E-state index < -0.39 is 5.92 Å². The van der Waals surface area contributed by atoms with Crippen molar-refractivity contribution in [1.82, 2.24) is 10.3 Å². The van der Waals surface area contributed by atoms with Crippen molar-refractivity contribution in [2.45, 2.75) is 32.6 Å². The number of thiazole rings is 1. The molecule has 0 aliphatic heterocycles. The largest absolute Gasteiger partial charge is 0.320 e. The quantitative estimate of drug-likeness (QED) is 0.792. The van der Waals surface area contributed by atoms with Crippen LogP contribution in [0.3, 0.4) is 0 Å². The van der Waals surface area contributed by atoms with Gasteiger partial charge in [0.15, 0.2) is 0 Å². The predicted molar refractivity (Wildman–Crippen MR) is 58.7 cm³/mol. The summed E-state index contributed by atoms with van der Waals surface area (Å²) in [4.78, 5) is 4.26. The fraction of sp³-hybridized carbons (Fsp3) is 0.700. The van der Waals surface area contributed by atoms with Crippen molar-refractivity contribution >= 4 is 11.3 Å². The number of halogens is 2. The zero-order chi connectivity index (χ0) is 11.5. The zero-order valence-electron chi connectivity index (χ0n) is 9.23. The van der Waals surface area contributed by atoms with Crippen molar-refractivity contribution < 1.29 is 8.78 Å². The Kier molecular flexibility index (Phi) is 4.16. The van der Waals surface area contributed by atoms with E-state index in [0.717, 1.165) is 42.7 Å². The van der Waals surface area contributed by atoms with Gasteiger partial charge in [-0.2, -0.15) is 0 Å². The third kappa shape index (κ3) is 3.50. The third-order valence-corrected chi connectivity index (χ3v) is 3.45. The van der Waals surface area contributed by atoms with Crippen LogP contribution in [-0.4, -0.2) is 18.6 Å². The van der Waals surface area contributed by atoms with Crippen molar-refractivity contribution in [3.8, 4) is 0 Å². The average molecular weight is 234 g/mol. The molecule has 0 atom stereocenters. The first-order chi connectivity index (χ1) is 6.95. The van der Waals surface area contributed by atoms with Gasteiger partial charge < -0.3 is 5.32 Å². The van der Waals surface area contributed by atoms with Gasteiger partial charge in [-0.25, -0.2) is 13.8 Å². The van der Waals surface area contributed by atoms with Crippen molar-refractivity contribution in [2.75, 3.05) is 13.6 Å². The molecule has 0 unspecified atom stereocenters. The van der Waals surface area contributed by atoms with Gasteiger partial charge in [-0.05, 0) is 26.9 Å². The monoisotopic (exact) mass is 234 g/mol. The Bertz CT molecular complexity index is 318. The Labute approximate surface area is 92.7 Å². The number of nitrogens with zero attached hydrogens (tertiary/aromatic N) is 1. The minimum atomic E-state index is -2.76. The fourth-order valence-electron chi connectivity index (χ4n) is 1.38. The minimum Gasteiger partial charge on any atom is -0.320 e. The topological polar surface area (TPSA) is 24.9 Å². The van der Waals surface area contributed by atoms with E-state index in [-0.39, 0.29) is 4.88 Å². The normalized spacial score (nSPS) is 12.1. The highest BCUT2D eigenvalue weighted by atomic mass is 32.1. The van der Waals surface area contributed by atoms with Crippen LogP contribution in [0.2, 0.25) is 0 Å². The maximum Gasteiger partial charge on any atom is 0.281 e. The van der Waals surface area contributed by atoms with Gasteiger partial charge in [-0.1, -0.05) is 0 Å². The summed E-state index contributed by atoms with van der Waals surface area (Å²) in [7, 11) is 1.87. The van der Waals surface area contributed by atoms with Crippen LogP contribution >= 0.6 is 11.3 Å². The molecular weight excluding hydrogens is 218 g/mol. The van der Waals surface area contributed by atoms with Crippen LogP contribution in [0.4, 0.5) is 8.78 Å². The number of alkyl halides is 2. The lowest BCUT2D eigenvalue weighted by Gasteiger charge is -2.06. The molecule has 0 saturated heterocycles. The lowest BCUT2D eigenvalue weighted by atomic mass is 10.3. The second kappa shape index (κ2) is 4.99. The Morgan fingerprint density at radius 3 is 2.60 bits per heavy atom. The standard InChI is InChI=1S/C10H16F2N2S/c1-7-9(10(2,11)12)15-8(14-7)5-4-6-13-3/h13H,4-6H2,1-3H3. The maximum absolute atomic E-state index is 13.1. The first-order valence-electron chi connectivity index (χ1n) is 4.94. The van der Waals surface area contributed by atoms with E-state index in [4.69, 9.17) is 0 Å². The molecule has 0 saturated carbocycles. The van der Waals surface area contributed by atoms with Gasteiger partial charge in [0.1, 0.15) is 0 Å². The Morgan fingerprint density at radius 2 is 2.13 bits per heavy atom. The molecule has 1 N–H and O–H groups in total. The van der Waals surface area contributed by atoms with Crippen LogP contribution < -0.4 is 5.32 Å². The summed E-state index contributed by atoms with van der Waals surface area (Å²) in [6.07, 6.45) is 1.70. The number of nitrogens with one attached hydrogen (secondary N) is 1. The molecule has 1 heterocycles. The SMILES string of the molecule is CNCCCc1nc(C)c(C(C)(F)F)s1. The summed E-state index contributed by atoms with van der Waals surface area (Å²) < 4.78 is 26.2. The average Bonchev–Trinajstić information content (AvgIpc) is 2.47. The number of aromatic nitrogens is 1. The van der Waals surface area contributed by atoms with Crippen LogP contribution in [0.25, 0.3) is 0 Å². The summed E-state index contributed by atoms with van der Waals surface area (Å²) in [6, 6.07) is 0. The molecule has 15 heavy (non-hydrogen) atoms.